The van der Waals surface area contributed by atoms with Crippen LogP contribution in [0.2, 0.25) is 0 Å². The summed E-state index contributed by atoms with van der Waals surface area (Å²) in [6.07, 6.45) is 3.55. The molecule has 35 heavy (non-hydrogen) atoms. The molecule has 7 N–H and O–H groups in total. The van der Waals surface area contributed by atoms with Gasteiger partial charge in [0, 0.05) is 25.0 Å². The van der Waals surface area contributed by atoms with E-state index in [1.807, 2.05) is 36.4 Å². The first-order valence-electron chi connectivity index (χ1n) is 11.3. The molecule has 0 spiro atoms. The number of dihydropyridines is 1. The number of para-hydroxylation sites is 1. The number of allylic oxidation sites excluding steroid dienone is 2. The molecule has 1 aromatic heterocycles. The molecular weight excluding hydrogens is 448 g/mol. The van der Waals surface area contributed by atoms with Crippen molar-refractivity contribution >= 4 is 34.5 Å². The maximum Gasteiger partial charge on any atom is 0.239 e. The molecule has 0 aliphatic carbocycles. The molecule has 4 rings (SSSR count). The van der Waals surface area contributed by atoms with E-state index in [2.05, 4.69) is 5.32 Å². The van der Waals surface area contributed by atoms with Gasteiger partial charge in [-0.2, -0.15) is 0 Å². The summed E-state index contributed by atoms with van der Waals surface area (Å²) in [5.41, 5.74) is 3.03. The zero-order chi connectivity index (χ0) is 25.4. The Kier molecular flexibility index (Phi) is 6.37. The quantitative estimate of drug-likeness (QED) is 0.281. The van der Waals surface area contributed by atoms with Gasteiger partial charge in [-0.25, -0.2) is 16.7 Å². The third kappa shape index (κ3) is 4.27. The number of hydrogen-bond donors (Lipinski definition) is 4. The Morgan fingerprint density at radius 1 is 1.11 bits per heavy atom. The zero-order valence-corrected chi connectivity index (χ0v) is 20.0. The molecule has 3 heterocycles. The Bertz CT molecular complexity index is 1250. The number of Topliss-reactive ketones (excluding diaryl/α,β-unsaturated/α-hetero) is 1. The van der Waals surface area contributed by atoms with E-state index in [0.717, 1.165) is 5.01 Å². The van der Waals surface area contributed by atoms with Gasteiger partial charge >= 0.3 is 0 Å². The second-order valence-electron chi connectivity index (χ2n) is 8.83. The SMILES string of the molecule is CC(=O)N(N)C1=CC(c2c(N(N)c3ccccc3)c3c(n2N)CN(C(=O)C(C)C)CC3=O)=CCN1. The minimum atomic E-state index is -0.351. The lowest BCUT2D eigenvalue weighted by Crippen LogP contribution is -2.42. The smallest absolute Gasteiger partial charge is 0.239 e. The molecule has 2 amide bonds. The molecule has 0 fully saturated rings. The van der Waals surface area contributed by atoms with E-state index in [0.29, 0.717) is 46.3 Å². The van der Waals surface area contributed by atoms with Crippen molar-refractivity contribution in [3.63, 3.8) is 0 Å². The van der Waals surface area contributed by atoms with Crippen molar-refractivity contribution in [1.29, 1.82) is 0 Å². The van der Waals surface area contributed by atoms with Gasteiger partial charge in [-0.15, -0.1) is 0 Å². The van der Waals surface area contributed by atoms with Gasteiger partial charge in [0.2, 0.25) is 11.8 Å². The first-order valence-corrected chi connectivity index (χ1v) is 11.3. The van der Waals surface area contributed by atoms with Gasteiger partial charge < -0.3 is 16.1 Å². The van der Waals surface area contributed by atoms with E-state index >= 15 is 0 Å². The first kappa shape index (κ1) is 24.0. The standard InChI is InChI=1S/C24H30N8O3/c1-14(2)24(35)29-12-18-21(19(34)13-29)23(31(26)17-7-5-4-6-8-17)22(32(18)27)16-9-10-28-20(11-16)30(25)15(3)33/h4-9,11,14,28H,10,12-13,25-27H2,1-3H3. The fourth-order valence-corrected chi connectivity index (χ4v) is 4.32. The van der Waals surface area contributed by atoms with E-state index in [1.54, 1.807) is 19.9 Å². The minimum Gasteiger partial charge on any atom is -0.367 e. The molecular formula is C24H30N8O3. The highest BCUT2D eigenvalue weighted by Crippen LogP contribution is 2.40. The number of benzene rings is 1. The molecule has 184 valence electrons. The number of ketones is 1. The van der Waals surface area contributed by atoms with Gasteiger partial charge in [-0.05, 0) is 18.2 Å². The Morgan fingerprint density at radius 2 is 1.80 bits per heavy atom. The number of carbonyl (C=O) groups is 3. The lowest BCUT2D eigenvalue weighted by atomic mass is 10.00. The van der Waals surface area contributed by atoms with Gasteiger partial charge in [-0.1, -0.05) is 38.1 Å². The summed E-state index contributed by atoms with van der Waals surface area (Å²) in [7, 11) is 0. The van der Waals surface area contributed by atoms with Crippen molar-refractivity contribution in [2.45, 2.75) is 27.3 Å². The van der Waals surface area contributed by atoms with Crippen molar-refractivity contribution in [2.24, 2.45) is 17.6 Å². The van der Waals surface area contributed by atoms with Crippen LogP contribution in [0.15, 0.2) is 48.3 Å². The molecule has 2 aliphatic heterocycles. The molecule has 2 aromatic rings. The largest absolute Gasteiger partial charge is 0.367 e. The summed E-state index contributed by atoms with van der Waals surface area (Å²) in [4.78, 5) is 39.5. The number of rotatable bonds is 5. The summed E-state index contributed by atoms with van der Waals surface area (Å²) in [6.45, 7) is 5.41. The Labute approximate surface area is 203 Å². The second kappa shape index (κ2) is 9.28. The van der Waals surface area contributed by atoms with Crippen LogP contribution >= 0.6 is 0 Å². The lowest BCUT2D eigenvalue weighted by Gasteiger charge is -2.29. The van der Waals surface area contributed by atoms with Gasteiger partial charge in [-0.3, -0.25) is 24.1 Å². The van der Waals surface area contributed by atoms with Crippen LogP contribution in [0.25, 0.3) is 5.57 Å². The van der Waals surface area contributed by atoms with Gasteiger partial charge in [0.05, 0.1) is 41.4 Å². The summed E-state index contributed by atoms with van der Waals surface area (Å²) in [5, 5.41) is 5.48. The summed E-state index contributed by atoms with van der Waals surface area (Å²) < 4.78 is 1.41. The van der Waals surface area contributed by atoms with Crippen molar-refractivity contribution in [3.8, 4) is 0 Å². The van der Waals surface area contributed by atoms with Crippen molar-refractivity contribution < 1.29 is 14.4 Å². The topological polar surface area (TPSA) is 156 Å². The maximum atomic E-state index is 13.4. The van der Waals surface area contributed by atoms with E-state index in [9.17, 15) is 14.4 Å². The van der Waals surface area contributed by atoms with Gasteiger partial charge in [0.25, 0.3) is 0 Å². The lowest BCUT2D eigenvalue weighted by molar-refractivity contribution is -0.134. The zero-order valence-electron chi connectivity index (χ0n) is 20.0. The van der Waals surface area contributed by atoms with Gasteiger partial charge in [0.15, 0.2) is 5.78 Å². The maximum absolute atomic E-state index is 13.4. The molecule has 0 atom stereocenters. The average molecular weight is 479 g/mol. The highest BCUT2D eigenvalue weighted by atomic mass is 16.2. The number of nitrogen functional groups attached to an aromatic ring is 1. The molecule has 2 aliphatic rings. The predicted octanol–water partition coefficient (Wildman–Crippen LogP) is 0.945. The van der Waals surface area contributed by atoms with Crippen LogP contribution in [-0.4, -0.2) is 45.3 Å². The number of nitrogens with zero attached hydrogens (tertiary/aromatic N) is 4. The van der Waals surface area contributed by atoms with E-state index in [-0.39, 0.29) is 36.6 Å². The van der Waals surface area contributed by atoms with E-state index in [4.69, 9.17) is 17.5 Å². The number of fused-ring (bicyclic) bond motifs is 1. The monoisotopic (exact) mass is 478 g/mol. The first-order chi connectivity index (χ1) is 16.6. The van der Waals surface area contributed by atoms with Crippen LogP contribution in [0.4, 0.5) is 11.4 Å². The molecule has 0 radical (unpaired) electrons. The van der Waals surface area contributed by atoms with Crippen LogP contribution in [0.1, 0.15) is 42.5 Å². The molecule has 11 nitrogen and oxygen atoms in total. The number of carbonyl (C=O) groups excluding carboxylic acids is 3. The second-order valence-corrected chi connectivity index (χ2v) is 8.83. The molecule has 1 aromatic carbocycles. The number of nitrogens with two attached hydrogens (primary N) is 3. The molecule has 0 saturated carbocycles. The number of hydrazine groups is 2. The third-order valence-corrected chi connectivity index (χ3v) is 6.09. The van der Waals surface area contributed by atoms with Crippen molar-refractivity contribution in [3.05, 3.63) is 65.3 Å². The molecule has 0 bridgehead atoms. The fraction of sp³-hybridized carbons (Fsp3) is 0.292. The van der Waals surface area contributed by atoms with E-state index in [1.165, 1.54) is 21.5 Å². The van der Waals surface area contributed by atoms with Crippen LogP contribution in [0.5, 0.6) is 0 Å². The fourth-order valence-electron chi connectivity index (χ4n) is 4.32. The summed E-state index contributed by atoms with van der Waals surface area (Å²) >= 11 is 0. The molecule has 0 saturated heterocycles. The Morgan fingerprint density at radius 3 is 2.43 bits per heavy atom. The summed E-state index contributed by atoms with van der Waals surface area (Å²) in [6, 6.07) is 9.19. The number of hydrogen-bond acceptors (Lipinski definition) is 8. The van der Waals surface area contributed by atoms with Crippen LogP contribution in [0, 0.1) is 5.92 Å². The number of anilines is 2. The highest BCUT2D eigenvalue weighted by Gasteiger charge is 2.37. The third-order valence-electron chi connectivity index (χ3n) is 6.09. The highest BCUT2D eigenvalue weighted by molar-refractivity contribution is 6.09. The normalized spacial score (nSPS) is 15.3. The predicted molar refractivity (Wildman–Crippen MR) is 133 cm³/mol. The average Bonchev–Trinajstić information content (AvgIpc) is 3.15. The van der Waals surface area contributed by atoms with Crippen molar-refractivity contribution in [2.75, 3.05) is 23.9 Å². The van der Waals surface area contributed by atoms with E-state index < -0.39 is 0 Å². The Hall–Kier alpha value is -4.09. The molecule has 0 unspecified atom stereocenters. The minimum absolute atomic E-state index is 0.0638. The number of nitrogens with one attached hydrogen (secondary N) is 1. The van der Waals surface area contributed by atoms with Crippen LogP contribution in [-0.2, 0) is 16.1 Å². The van der Waals surface area contributed by atoms with Crippen LogP contribution < -0.4 is 27.9 Å². The number of amides is 2. The van der Waals surface area contributed by atoms with Crippen molar-refractivity contribution in [1.82, 2.24) is 19.9 Å². The van der Waals surface area contributed by atoms with Crippen LogP contribution in [0.3, 0.4) is 0 Å². The van der Waals surface area contributed by atoms with Gasteiger partial charge in [0.1, 0.15) is 5.82 Å². The summed E-state index contributed by atoms with van der Waals surface area (Å²) in [5.74, 6) is 18.5. The number of aromatic nitrogens is 1. The Balaban J connectivity index is 1.91. The molecule has 11 heteroatoms.